The maximum atomic E-state index is 12.6. The van der Waals surface area contributed by atoms with E-state index in [0.717, 1.165) is 261 Å². The van der Waals surface area contributed by atoms with E-state index in [1.54, 1.807) is 12.1 Å². The minimum Gasteiger partial charge on any atom is -0.507 e. The Morgan fingerprint density at radius 2 is 0.574 bits per heavy atom. The molecule has 0 bridgehead atoms. The van der Waals surface area contributed by atoms with Crippen LogP contribution in [-0.2, 0) is 98.7 Å². The molecule has 0 radical (unpaired) electrons. The molecule has 2 fully saturated rings. The topological polar surface area (TPSA) is 295 Å². The molecule has 5 heterocycles. The average Bonchev–Trinajstić information content (AvgIpc) is 1.55. The SMILES string of the molecule is CCOC(C(=O)OC)c1c(C)ccc(C)c1-c1ccc2c(c1)CCCO2.CCOC(C(=O)OC)c1c(C)ccc(C)c1-c1ccc2c(c1)CCCO2.CCOC(C(=O)OC)c1c(C)ccc(C2CC2)c1-c1ccc2c(c1)CCCO2.CCOC(C(=O)OC)c1c(C)ccc(O)c1-c1ccc2c(c1)CCCO2.COC(=O)C(O)c1c(C)ccc(C)c1-c1ccc2c(c1)CCCO2.OB(O)C1CC1. The number of phenolic OH excluding ortho intramolecular Hbond substituents is 1. The first-order valence-electron chi connectivity index (χ1n) is 47.6. The van der Waals surface area contributed by atoms with Gasteiger partial charge in [-0.3, -0.25) is 0 Å². The largest absolute Gasteiger partial charge is 0.507 e. The van der Waals surface area contributed by atoms with E-state index in [0.29, 0.717) is 49.0 Å². The lowest BCUT2D eigenvalue weighted by atomic mass is 9.84. The lowest BCUT2D eigenvalue weighted by Crippen LogP contribution is -2.20. The highest BCUT2D eigenvalue weighted by molar-refractivity contribution is 6.44. The van der Waals surface area contributed by atoms with Gasteiger partial charge in [0.05, 0.1) is 68.6 Å². The zero-order valence-electron chi connectivity index (χ0n) is 81.9. The molecule has 5 aliphatic heterocycles. The van der Waals surface area contributed by atoms with Crippen molar-refractivity contribution in [1.82, 2.24) is 0 Å². The molecule has 5 atom stereocenters. The summed E-state index contributed by atoms with van der Waals surface area (Å²) in [7, 11) is 5.80. The van der Waals surface area contributed by atoms with Gasteiger partial charge in [0.15, 0.2) is 30.5 Å². The van der Waals surface area contributed by atoms with E-state index in [-0.39, 0.29) is 29.5 Å². The molecule has 2 aliphatic carbocycles. The highest BCUT2D eigenvalue weighted by Crippen LogP contribution is 2.51. The van der Waals surface area contributed by atoms with Gasteiger partial charge in [0.1, 0.15) is 34.5 Å². The van der Waals surface area contributed by atoms with Gasteiger partial charge in [-0.2, -0.15) is 0 Å². The fourth-order valence-electron chi connectivity index (χ4n) is 18.5. The number of fused-ring (bicyclic) bond motifs is 5. The minimum absolute atomic E-state index is 0.107. The first-order valence-corrected chi connectivity index (χ1v) is 47.6. The van der Waals surface area contributed by atoms with Crippen LogP contribution >= 0.6 is 0 Å². The summed E-state index contributed by atoms with van der Waals surface area (Å²) >= 11 is 0. The van der Waals surface area contributed by atoms with E-state index in [4.69, 9.17) is 76.4 Å². The molecule has 0 aromatic heterocycles. The van der Waals surface area contributed by atoms with Crippen LogP contribution in [0.4, 0.5) is 0 Å². The molecule has 4 N–H and O–H groups in total. The summed E-state index contributed by atoms with van der Waals surface area (Å²) in [5.74, 6) is 3.35. The van der Waals surface area contributed by atoms with Gasteiger partial charge in [0.25, 0.3) is 0 Å². The fourth-order valence-corrected chi connectivity index (χ4v) is 18.5. The number of carbonyl (C=O) groups excluding carboxylic acids is 5. The van der Waals surface area contributed by atoms with E-state index >= 15 is 0 Å². The monoisotopic (exact) mass is 1860 g/mol. The zero-order valence-corrected chi connectivity index (χ0v) is 81.9. The molecular weight excluding hydrogens is 1720 g/mol. The zero-order chi connectivity index (χ0) is 97.6. The second-order valence-electron chi connectivity index (χ2n) is 35.2. The van der Waals surface area contributed by atoms with Crippen LogP contribution < -0.4 is 23.7 Å². The summed E-state index contributed by atoms with van der Waals surface area (Å²) in [6.07, 6.45) is 10.0. The Balaban J connectivity index is 0.000000150. The number of esters is 5. The Morgan fingerprint density at radius 1 is 0.324 bits per heavy atom. The van der Waals surface area contributed by atoms with Crippen LogP contribution in [0.5, 0.6) is 34.5 Å². The number of hydrogen-bond donors (Lipinski definition) is 4. The minimum atomic E-state index is -1.29. The van der Waals surface area contributed by atoms with Crippen LogP contribution in [0.3, 0.4) is 0 Å². The second kappa shape index (κ2) is 48.7. The standard InChI is InChI=1S/C24H28O4.2C22H26O4.C21H24O5.C20H22O4.C3H7BO2/c1-4-27-23(24(25)26-3)21-15(2)7-11-19(16-8-9-16)22(21)18-10-12-20-17(14-18)6-5-13-28-20;2*1-5-25-21(22(23)24-4)20-15(3)9-8-14(2)19(20)17-10-11-18-16(13-17)7-6-12-26-18;1-4-25-20(21(23)24-3)18-13(2)7-9-16(22)19(18)15-8-10-17-14(12-15)6-5-11-26-17;1-12-6-7-13(2)18(19(21)20(22)23-3)17(12)15-8-9-16-14(11-15)5-4-10-24-16;5-4(6)3-1-2-3/h7,10-12,14,16,23H,4-6,8-9,13H2,1-3H3;2*8-11,13,21H,5-7,12H2,1-4H3;7-10,12,20,22H,4-6,11H2,1-3H3;6-9,11,19,21H,4-5,10H2,1-3H3;3,5-6H,1-2H2. The highest BCUT2D eigenvalue weighted by Gasteiger charge is 2.38. The summed E-state index contributed by atoms with van der Waals surface area (Å²) < 4.78 is 76.6. The predicted octanol–water partition coefficient (Wildman–Crippen LogP) is 21.3. The second-order valence-corrected chi connectivity index (χ2v) is 35.2. The van der Waals surface area contributed by atoms with Gasteiger partial charge < -0.3 is 86.6 Å². The van der Waals surface area contributed by atoms with Gasteiger partial charge in [-0.25, -0.2) is 24.0 Å². The van der Waals surface area contributed by atoms with Crippen molar-refractivity contribution < 1.29 is 111 Å². The number of benzene rings is 10. The van der Waals surface area contributed by atoms with E-state index in [9.17, 15) is 34.2 Å². The number of hydrogen-bond acceptors (Lipinski definition) is 23. The highest BCUT2D eigenvalue weighted by atomic mass is 16.6. The van der Waals surface area contributed by atoms with Crippen molar-refractivity contribution in [3.63, 3.8) is 0 Å². The third-order valence-electron chi connectivity index (χ3n) is 25.7. The summed E-state index contributed by atoms with van der Waals surface area (Å²) in [6, 6.07) is 50.8. The first kappa shape index (κ1) is 103. The summed E-state index contributed by atoms with van der Waals surface area (Å²) in [6.45, 7) is 29.0. The molecule has 17 rings (SSSR count). The lowest BCUT2D eigenvalue weighted by Gasteiger charge is -2.25. The molecule has 0 saturated heterocycles. The smallest absolute Gasteiger partial charge is 0.454 e. The van der Waals surface area contributed by atoms with Crippen molar-refractivity contribution in [1.29, 1.82) is 0 Å². The number of aliphatic hydroxyl groups excluding tert-OH is 1. The molecule has 7 aliphatic rings. The molecule has 0 amide bonds. The summed E-state index contributed by atoms with van der Waals surface area (Å²) in [5, 5.41) is 37.6. The Kier molecular flexibility index (Phi) is 36.9. The summed E-state index contributed by atoms with van der Waals surface area (Å²) in [5.41, 5.74) is 29.1. The van der Waals surface area contributed by atoms with Gasteiger partial charge in [-0.05, 0) is 367 Å². The Bertz CT molecular complexity index is 5540. The van der Waals surface area contributed by atoms with Crippen LogP contribution in [0.2, 0.25) is 5.82 Å². The van der Waals surface area contributed by atoms with Crippen molar-refractivity contribution in [2.75, 3.05) is 95.0 Å². The van der Waals surface area contributed by atoms with Gasteiger partial charge >= 0.3 is 37.0 Å². The quantitative estimate of drug-likeness (QED) is 0.0235. The van der Waals surface area contributed by atoms with Crippen LogP contribution in [0, 0.1) is 55.4 Å². The molecule has 10 aromatic rings. The van der Waals surface area contributed by atoms with Crippen LogP contribution in [0.1, 0.15) is 228 Å². The number of carbonyl (C=O) groups is 5. The molecule has 2 saturated carbocycles. The number of aliphatic hydroxyl groups is 1. The van der Waals surface area contributed by atoms with E-state index < -0.39 is 49.6 Å². The van der Waals surface area contributed by atoms with E-state index in [1.807, 2.05) is 136 Å². The molecule has 722 valence electrons. The molecule has 23 nitrogen and oxygen atoms in total. The van der Waals surface area contributed by atoms with E-state index in [1.165, 1.54) is 70.6 Å². The number of ether oxygens (including phenoxy) is 14. The molecule has 136 heavy (non-hydrogen) atoms. The fraction of sp³-hybridized carbons (Fsp3) is 0.420. The van der Waals surface area contributed by atoms with Crippen molar-refractivity contribution in [3.05, 3.63) is 257 Å². The van der Waals surface area contributed by atoms with Gasteiger partial charge in [-0.15, -0.1) is 0 Å². The van der Waals surface area contributed by atoms with Gasteiger partial charge in [0.2, 0.25) is 0 Å². The van der Waals surface area contributed by atoms with Crippen LogP contribution in [0.25, 0.3) is 55.6 Å². The lowest BCUT2D eigenvalue weighted by molar-refractivity contribution is -0.155. The number of aryl methyl sites for hydroxylation is 13. The normalized spacial score (nSPS) is 15.1. The Morgan fingerprint density at radius 3 is 0.846 bits per heavy atom. The molecule has 10 aromatic carbocycles. The Labute approximate surface area is 800 Å². The predicted molar refractivity (Wildman–Crippen MR) is 526 cm³/mol. The average molecular weight is 1860 g/mol. The van der Waals surface area contributed by atoms with Crippen molar-refractivity contribution in [3.8, 4) is 90.1 Å². The number of aromatic hydroxyl groups is 1. The first-order chi connectivity index (χ1) is 65.6. The van der Waals surface area contributed by atoms with E-state index in [2.05, 4.69) is 86.6 Å². The maximum absolute atomic E-state index is 12.6. The van der Waals surface area contributed by atoms with Gasteiger partial charge in [0, 0.05) is 59.8 Å². The number of phenols is 1. The van der Waals surface area contributed by atoms with Crippen LogP contribution in [0.15, 0.2) is 152 Å². The summed E-state index contributed by atoms with van der Waals surface area (Å²) in [4.78, 5) is 61.7. The van der Waals surface area contributed by atoms with Crippen molar-refractivity contribution in [2.45, 2.75) is 215 Å². The van der Waals surface area contributed by atoms with Crippen molar-refractivity contribution >= 4 is 37.0 Å². The third kappa shape index (κ3) is 24.7. The number of methoxy groups -OCH3 is 5. The molecular formula is C112H133BO23. The maximum Gasteiger partial charge on any atom is 0.454 e. The molecule has 0 spiro atoms. The Hall–Kier alpha value is -11.9. The van der Waals surface area contributed by atoms with Gasteiger partial charge in [-0.1, -0.05) is 97.8 Å². The third-order valence-corrected chi connectivity index (χ3v) is 25.7. The molecule has 5 unspecified atom stereocenters. The van der Waals surface area contributed by atoms with Crippen molar-refractivity contribution in [2.24, 2.45) is 0 Å². The van der Waals surface area contributed by atoms with Crippen LogP contribution in [-0.4, -0.2) is 152 Å². The molecule has 24 heteroatoms. The number of rotatable bonds is 25.